The predicted octanol–water partition coefficient (Wildman–Crippen LogP) is 3.01. The second-order valence-corrected chi connectivity index (χ2v) is 8.59. The zero-order valence-corrected chi connectivity index (χ0v) is 16.6. The van der Waals surface area contributed by atoms with Crippen LogP contribution in [-0.4, -0.2) is 37.1 Å². The molecule has 1 aliphatic heterocycles. The Morgan fingerprint density at radius 3 is 2.66 bits per heavy atom. The zero-order valence-electron chi connectivity index (χ0n) is 16.6. The Hall–Kier alpha value is -3.22. The van der Waals surface area contributed by atoms with Crippen LogP contribution in [0.2, 0.25) is 0 Å². The van der Waals surface area contributed by atoms with Crippen molar-refractivity contribution in [2.75, 3.05) is 18.0 Å². The first-order valence-electron chi connectivity index (χ1n) is 10.1. The van der Waals surface area contributed by atoms with Crippen molar-refractivity contribution in [3.05, 3.63) is 58.4 Å². The summed E-state index contributed by atoms with van der Waals surface area (Å²) in [7, 11) is 0. The molecular formula is C22H22N6O. The van der Waals surface area contributed by atoms with E-state index in [0.29, 0.717) is 22.5 Å². The van der Waals surface area contributed by atoms with E-state index in [4.69, 9.17) is 4.98 Å². The highest BCUT2D eigenvalue weighted by Crippen LogP contribution is 2.53. The second-order valence-electron chi connectivity index (χ2n) is 8.59. The molecule has 2 aliphatic rings. The Kier molecular flexibility index (Phi) is 3.26. The summed E-state index contributed by atoms with van der Waals surface area (Å²) >= 11 is 0. The summed E-state index contributed by atoms with van der Waals surface area (Å²) in [6.45, 7) is 6.08. The third-order valence-electron chi connectivity index (χ3n) is 6.43. The van der Waals surface area contributed by atoms with Gasteiger partial charge in [0, 0.05) is 25.4 Å². The van der Waals surface area contributed by atoms with Crippen molar-refractivity contribution in [1.82, 2.24) is 24.0 Å². The maximum absolute atomic E-state index is 12.9. The zero-order chi connectivity index (χ0) is 19.8. The molecule has 6 rings (SSSR count). The van der Waals surface area contributed by atoms with Crippen LogP contribution >= 0.6 is 0 Å². The molecule has 1 spiro atoms. The molecule has 2 fully saturated rings. The first-order valence-corrected chi connectivity index (χ1v) is 10.1. The monoisotopic (exact) mass is 386 g/mol. The number of hydrogen-bond donors (Lipinski definition) is 0. The lowest BCUT2D eigenvalue weighted by molar-refractivity contribution is 0.581. The average molecular weight is 386 g/mol. The molecule has 1 saturated carbocycles. The van der Waals surface area contributed by atoms with E-state index in [9.17, 15) is 4.79 Å². The highest BCUT2D eigenvalue weighted by Gasteiger charge is 2.47. The molecule has 0 unspecified atom stereocenters. The summed E-state index contributed by atoms with van der Waals surface area (Å²) < 4.78 is 3.45. The molecule has 0 amide bonds. The summed E-state index contributed by atoms with van der Waals surface area (Å²) in [4.78, 5) is 24.5. The van der Waals surface area contributed by atoms with Gasteiger partial charge in [0.05, 0.1) is 34.5 Å². The van der Waals surface area contributed by atoms with Crippen LogP contribution in [0, 0.1) is 19.3 Å². The van der Waals surface area contributed by atoms with Gasteiger partial charge < -0.3 is 4.90 Å². The van der Waals surface area contributed by atoms with E-state index in [-0.39, 0.29) is 5.56 Å². The third-order valence-corrected chi connectivity index (χ3v) is 6.43. The lowest BCUT2D eigenvalue weighted by Crippen LogP contribution is -2.22. The van der Waals surface area contributed by atoms with E-state index in [1.54, 1.807) is 15.0 Å². The van der Waals surface area contributed by atoms with Gasteiger partial charge in [-0.2, -0.15) is 5.10 Å². The van der Waals surface area contributed by atoms with Crippen molar-refractivity contribution in [3.8, 4) is 11.4 Å². The molecule has 4 aromatic heterocycles. The van der Waals surface area contributed by atoms with Gasteiger partial charge in [-0.05, 0) is 56.7 Å². The van der Waals surface area contributed by atoms with Crippen LogP contribution in [0.5, 0.6) is 0 Å². The standard InChI is InChI=1S/C22H22N6O/c1-14-11-28-19(15(2)23-14)9-18(25-28)17-10-21(29)27-12-16(3-4-20(27)24-17)26-8-7-22(13-26)5-6-22/h3-4,9-12H,5-8,13H2,1-2H3. The molecule has 1 aliphatic carbocycles. The van der Waals surface area contributed by atoms with Gasteiger partial charge >= 0.3 is 0 Å². The molecule has 0 bridgehead atoms. The van der Waals surface area contributed by atoms with Crippen LogP contribution in [-0.2, 0) is 0 Å². The van der Waals surface area contributed by atoms with Gasteiger partial charge in [0.2, 0.25) is 0 Å². The number of aromatic nitrogens is 5. The summed E-state index contributed by atoms with van der Waals surface area (Å²) in [6.07, 6.45) is 7.76. The van der Waals surface area contributed by atoms with Gasteiger partial charge in [0.25, 0.3) is 5.56 Å². The van der Waals surface area contributed by atoms with Crippen LogP contribution in [0.4, 0.5) is 5.69 Å². The van der Waals surface area contributed by atoms with E-state index in [0.717, 1.165) is 35.7 Å². The number of aryl methyl sites for hydroxylation is 2. The Balaban J connectivity index is 1.42. The third kappa shape index (κ3) is 2.64. The van der Waals surface area contributed by atoms with Crippen molar-refractivity contribution in [3.63, 3.8) is 0 Å². The molecule has 1 saturated heterocycles. The predicted molar refractivity (Wildman–Crippen MR) is 111 cm³/mol. The first kappa shape index (κ1) is 16.7. The Morgan fingerprint density at radius 2 is 1.86 bits per heavy atom. The molecule has 7 nitrogen and oxygen atoms in total. The molecule has 146 valence electrons. The molecule has 0 aromatic carbocycles. The van der Waals surface area contributed by atoms with Crippen molar-refractivity contribution >= 4 is 16.9 Å². The molecule has 5 heterocycles. The van der Waals surface area contributed by atoms with Gasteiger partial charge in [-0.3, -0.25) is 14.2 Å². The summed E-state index contributed by atoms with van der Waals surface area (Å²) in [6, 6.07) is 7.52. The summed E-state index contributed by atoms with van der Waals surface area (Å²) in [5, 5.41) is 4.61. The molecule has 0 N–H and O–H groups in total. The fourth-order valence-electron chi connectivity index (χ4n) is 4.57. The van der Waals surface area contributed by atoms with E-state index in [1.807, 2.05) is 38.4 Å². The Labute approximate surface area is 167 Å². The van der Waals surface area contributed by atoms with Crippen LogP contribution in [0.3, 0.4) is 0 Å². The minimum atomic E-state index is -0.0877. The smallest absolute Gasteiger partial charge is 0.258 e. The molecule has 29 heavy (non-hydrogen) atoms. The average Bonchev–Trinajstić information content (AvgIpc) is 3.10. The lowest BCUT2D eigenvalue weighted by Gasteiger charge is -2.19. The maximum atomic E-state index is 12.9. The van der Waals surface area contributed by atoms with Crippen LogP contribution in [0.15, 0.2) is 41.5 Å². The second kappa shape index (κ2) is 5.65. The highest BCUT2D eigenvalue weighted by atomic mass is 16.1. The Bertz CT molecular complexity index is 1350. The normalized spacial score (nSPS) is 17.7. The van der Waals surface area contributed by atoms with Gasteiger partial charge in [-0.15, -0.1) is 0 Å². The fourth-order valence-corrected chi connectivity index (χ4v) is 4.57. The van der Waals surface area contributed by atoms with Crippen LogP contribution in [0.1, 0.15) is 30.7 Å². The summed E-state index contributed by atoms with van der Waals surface area (Å²) in [5.74, 6) is 0. The number of pyridine rings is 1. The number of anilines is 1. The maximum Gasteiger partial charge on any atom is 0.258 e. The molecule has 7 heteroatoms. The fraction of sp³-hybridized carbons (Fsp3) is 0.364. The van der Waals surface area contributed by atoms with E-state index >= 15 is 0 Å². The van der Waals surface area contributed by atoms with Gasteiger partial charge in [0.15, 0.2) is 0 Å². The molecule has 0 radical (unpaired) electrons. The van der Waals surface area contributed by atoms with Crippen LogP contribution in [0.25, 0.3) is 22.6 Å². The van der Waals surface area contributed by atoms with Crippen molar-refractivity contribution in [2.45, 2.75) is 33.1 Å². The van der Waals surface area contributed by atoms with Crippen molar-refractivity contribution in [1.29, 1.82) is 0 Å². The number of fused-ring (bicyclic) bond motifs is 2. The number of hydrogen-bond acceptors (Lipinski definition) is 5. The van der Waals surface area contributed by atoms with Crippen molar-refractivity contribution < 1.29 is 0 Å². The number of nitrogens with zero attached hydrogens (tertiary/aromatic N) is 6. The molecular weight excluding hydrogens is 364 g/mol. The topological polar surface area (TPSA) is 67.8 Å². The molecule has 0 atom stereocenters. The van der Waals surface area contributed by atoms with Gasteiger partial charge in [0.1, 0.15) is 11.3 Å². The minimum absolute atomic E-state index is 0.0877. The van der Waals surface area contributed by atoms with E-state index in [1.165, 1.54) is 19.3 Å². The minimum Gasteiger partial charge on any atom is -0.370 e. The SMILES string of the molecule is Cc1cn2nc(-c3cc(=O)n4cc(N5CCC6(CC6)C5)ccc4n3)cc2c(C)n1. The van der Waals surface area contributed by atoms with E-state index < -0.39 is 0 Å². The van der Waals surface area contributed by atoms with Crippen LogP contribution < -0.4 is 10.5 Å². The Morgan fingerprint density at radius 1 is 1.00 bits per heavy atom. The van der Waals surface area contributed by atoms with Crippen molar-refractivity contribution in [2.24, 2.45) is 5.41 Å². The molecule has 4 aromatic rings. The summed E-state index contributed by atoms with van der Waals surface area (Å²) in [5.41, 5.74) is 6.20. The largest absolute Gasteiger partial charge is 0.370 e. The first-order chi connectivity index (χ1) is 14.0. The number of rotatable bonds is 2. The quantitative estimate of drug-likeness (QED) is 0.530. The highest BCUT2D eigenvalue weighted by molar-refractivity contribution is 5.66. The lowest BCUT2D eigenvalue weighted by atomic mass is 10.1. The van der Waals surface area contributed by atoms with Gasteiger partial charge in [-0.1, -0.05) is 0 Å². The van der Waals surface area contributed by atoms with Gasteiger partial charge in [-0.25, -0.2) is 9.50 Å². The van der Waals surface area contributed by atoms with E-state index in [2.05, 4.69) is 21.0 Å².